The number of nitrogens with zero attached hydrogens (tertiary/aromatic N) is 5. The Morgan fingerprint density at radius 3 is 2.84 bits per heavy atom. The van der Waals surface area contributed by atoms with Gasteiger partial charge in [-0.3, -0.25) is 10.00 Å². The van der Waals surface area contributed by atoms with E-state index in [0.29, 0.717) is 36.1 Å². The second kappa shape index (κ2) is 11.4. The predicted molar refractivity (Wildman–Crippen MR) is 156 cm³/mol. The fourth-order valence-electron chi connectivity index (χ4n) is 5.59. The number of hydrogen-bond donors (Lipinski definition) is 2. The van der Waals surface area contributed by atoms with Crippen molar-refractivity contribution in [2.24, 2.45) is 0 Å². The Labute approximate surface area is 251 Å². The molecule has 0 bridgehead atoms. The standard InChI is InChI=1S/C31H28ClFN6O4/c32-22-3-1-20(25(33)11-22)17-43-30-24(21-12-34-35-13-21)9-18-5-7-38(15-27(18)37-30)16-29-36-26-4-2-19(31(40)41)10-28(26)39(29)14-23-6-8-42-23/h1-4,9-13,23H,5-8,14-17H2,(H,34,35)(H,40,41). The van der Waals surface area contributed by atoms with E-state index in [2.05, 4.69) is 25.7 Å². The smallest absolute Gasteiger partial charge is 0.335 e. The number of fused-ring (bicyclic) bond motifs is 2. The highest BCUT2D eigenvalue weighted by Gasteiger charge is 2.26. The number of nitrogens with one attached hydrogen (secondary N) is 1. The van der Waals surface area contributed by atoms with Crippen molar-refractivity contribution >= 4 is 28.6 Å². The summed E-state index contributed by atoms with van der Waals surface area (Å²) in [5.41, 5.74) is 5.75. The first kappa shape index (κ1) is 27.5. The van der Waals surface area contributed by atoms with E-state index in [9.17, 15) is 14.3 Å². The van der Waals surface area contributed by atoms with E-state index >= 15 is 0 Å². The molecule has 0 saturated carbocycles. The van der Waals surface area contributed by atoms with Gasteiger partial charge in [-0.05, 0) is 54.8 Å². The van der Waals surface area contributed by atoms with E-state index in [1.54, 1.807) is 42.7 Å². The van der Waals surface area contributed by atoms with Gasteiger partial charge >= 0.3 is 5.97 Å². The zero-order chi connectivity index (χ0) is 29.5. The number of hydrogen-bond acceptors (Lipinski definition) is 7. The highest BCUT2D eigenvalue weighted by Crippen LogP contribution is 2.33. The minimum absolute atomic E-state index is 0.00501. The molecule has 1 unspecified atom stereocenters. The van der Waals surface area contributed by atoms with Gasteiger partial charge in [-0.15, -0.1) is 0 Å². The number of ether oxygens (including phenoxy) is 2. The Morgan fingerprint density at radius 1 is 1.21 bits per heavy atom. The van der Waals surface area contributed by atoms with Gasteiger partial charge in [0.2, 0.25) is 5.88 Å². The lowest BCUT2D eigenvalue weighted by Crippen LogP contribution is -2.34. The lowest BCUT2D eigenvalue weighted by molar-refractivity contribution is -0.0592. The molecule has 2 aliphatic rings. The quantitative estimate of drug-likeness (QED) is 0.235. The summed E-state index contributed by atoms with van der Waals surface area (Å²) in [5.74, 6) is -0.165. The van der Waals surface area contributed by atoms with E-state index in [1.165, 1.54) is 6.07 Å². The topological polar surface area (TPSA) is 118 Å². The molecule has 1 atom stereocenters. The molecule has 3 aromatic heterocycles. The normalized spacial score (nSPS) is 16.7. The number of halogens is 2. The highest BCUT2D eigenvalue weighted by molar-refractivity contribution is 6.30. The van der Waals surface area contributed by atoms with Gasteiger partial charge in [0.05, 0.1) is 47.7 Å². The van der Waals surface area contributed by atoms with Crippen molar-refractivity contribution in [3.8, 4) is 17.0 Å². The van der Waals surface area contributed by atoms with Crippen LogP contribution in [0.3, 0.4) is 0 Å². The number of aromatic amines is 1. The summed E-state index contributed by atoms with van der Waals surface area (Å²) >= 11 is 5.92. The number of aromatic carboxylic acids is 1. The van der Waals surface area contributed by atoms with Gasteiger partial charge in [0.1, 0.15) is 18.2 Å². The fraction of sp³-hybridized carbons (Fsp3) is 0.290. The minimum Gasteiger partial charge on any atom is -0.478 e. The number of carboxylic acid groups (broad SMARTS) is 1. The molecule has 2 aliphatic heterocycles. The largest absolute Gasteiger partial charge is 0.478 e. The van der Waals surface area contributed by atoms with Gasteiger partial charge in [0, 0.05) is 47.6 Å². The molecule has 5 heterocycles. The average molecular weight is 603 g/mol. The molecule has 10 nitrogen and oxygen atoms in total. The SMILES string of the molecule is O=C(O)c1ccc2nc(CN3CCc4cc(-c5cn[nH]c5)c(OCc5ccc(Cl)cc5F)nc4C3)n(CC3CCO3)c2c1. The van der Waals surface area contributed by atoms with Gasteiger partial charge in [0.25, 0.3) is 0 Å². The van der Waals surface area contributed by atoms with Crippen LogP contribution in [-0.2, 0) is 37.4 Å². The van der Waals surface area contributed by atoms with Gasteiger partial charge in [-0.2, -0.15) is 5.10 Å². The number of rotatable bonds is 9. The van der Waals surface area contributed by atoms with Crippen molar-refractivity contribution in [2.75, 3.05) is 13.2 Å². The maximum atomic E-state index is 14.5. The monoisotopic (exact) mass is 602 g/mol. The summed E-state index contributed by atoms with van der Waals surface area (Å²) in [5, 5.41) is 16.8. The summed E-state index contributed by atoms with van der Waals surface area (Å²) in [6.45, 7) is 3.26. The molecule has 2 N–H and O–H groups in total. The fourth-order valence-corrected chi connectivity index (χ4v) is 5.75. The molecule has 0 radical (unpaired) electrons. The molecule has 5 aromatic rings. The van der Waals surface area contributed by atoms with Crippen LogP contribution in [0.1, 0.15) is 39.4 Å². The van der Waals surface area contributed by atoms with Crippen LogP contribution in [0.25, 0.3) is 22.2 Å². The second-order valence-electron chi connectivity index (χ2n) is 10.8. The predicted octanol–water partition coefficient (Wildman–Crippen LogP) is 5.24. The molecule has 0 aliphatic carbocycles. The third-order valence-electron chi connectivity index (χ3n) is 8.03. The number of H-pyrrole nitrogens is 1. The van der Waals surface area contributed by atoms with Crippen LogP contribution < -0.4 is 4.74 Å². The van der Waals surface area contributed by atoms with Gasteiger partial charge in [0.15, 0.2) is 0 Å². The molecule has 220 valence electrons. The van der Waals surface area contributed by atoms with Crippen molar-refractivity contribution in [3.05, 3.63) is 93.9 Å². The number of pyridine rings is 1. The number of aromatic nitrogens is 5. The summed E-state index contributed by atoms with van der Waals surface area (Å²) in [6, 6.07) is 11.6. The van der Waals surface area contributed by atoms with Crippen molar-refractivity contribution in [1.29, 1.82) is 0 Å². The van der Waals surface area contributed by atoms with E-state index in [-0.39, 0.29) is 18.3 Å². The van der Waals surface area contributed by atoms with Crippen LogP contribution in [0.5, 0.6) is 5.88 Å². The van der Waals surface area contributed by atoms with Crippen LogP contribution in [0.2, 0.25) is 5.02 Å². The first-order valence-electron chi connectivity index (χ1n) is 14.1. The van der Waals surface area contributed by atoms with Crippen molar-refractivity contribution in [1.82, 2.24) is 29.6 Å². The zero-order valence-electron chi connectivity index (χ0n) is 23.1. The molecular weight excluding hydrogens is 575 g/mol. The summed E-state index contributed by atoms with van der Waals surface area (Å²) in [6.07, 6.45) is 5.30. The Balaban J connectivity index is 1.17. The molecule has 2 aromatic carbocycles. The Kier molecular flexibility index (Phi) is 7.29. The Hall–Kier alpha value is -4.32. The second-order valence-corrected chi connectivity index (χ2v) is 11.3. The third kappa shape index (κ3) is 5.58. The molecule has 1 saturated heterocycles. The number of carbonyl (C=O) groups is 1. The zero-order valence-corrected chi connectivity index (χ0v) is 23.9. The van der Waals surface area contributed by atoms with Gasteiger partial charge in [-0.25, -0.2) is 19.2 Å². The van der Waals surface area contributed by atoms with E-state index < -0.39 is 11.8 Å². The number of carboxylic acids is 1. The van der Waals surface area contributed by atoms with E-state index in [1.807, 2.05) is 0 Å². The highest BCUT2D eigenvalue weighted by atomic mass is 35.5. The van der Waals surface area contributed by atoms with Crippen LogP contribution in [0.15, 0.2) is 54.9 Å². The summed E-state index contributed by atoms with van der Waals surface area (Å²) in [7, 11) is 0. The molecule has 1 fully saturated rings. The van der Waals surface area contributed by atoms with Crippen LogP contribution >= 0.6 is 11.6 Å². The van der Waals surface area contributed by atoms with Crippen molar-refractivity contribution < 1.29 is 23.8 Å². The molecule has 43 heavy (non-hydrogen) atoms. The van der Waals surface area contributed by atoms with Gasteiger partial charge in [-0.1, -0.05) is 17.7 Å². The van der Waals surface area contributed by atoms with E-state index in [4.69, 9.17) is 31.0 Å². The Bertz CT molecular complexity index is 1820. The molecule has 12 heteroatoms. The van der Waals surface area contributed by atoms with Crippen molar-refractivity contribution in [2.45, 2.75) is 45.2 Å². The van der Waals surface area contributed by atoms with Crippen LogP contribution in [-0.4, -0.2) is 60.0 Å². The van der Waals surface area contributed by atoms with Crippen molar-refractivity contribution in [3.63, 3.8) is 0 Å². The van der Waals surface area contributed by atoms with Gasteiger partial charge < -0.3 is 19.1 Å². The third-order valence-corrected chi connectivity index (χ3v) is 8.27. The Morgan fingerprint density at radius 2 is 2.09 bits per heavy atom. The summed E-state index contributed by atoms with van der Waals surface area (Å²) in [4.78, 5) is 23.7. The average Bonchev–Trinajstić information content (AvgIpc) is 3.62. The molecule has 0 amide bonds. The number of benzene rings is 2. The lowest BCUT2D eigenvalue weighted by atomic mass is 10.0. The first-order chi connectivity index (χ1) is 20.9. The maximum Gasteiger partial charge on any atom is 0.335 e. The molecule has 0 spiro atoms. The number of imidazole rings is 1. The van der Waals surface area contributed by atoms with Crippen LogP contribution in [0, 0.1) is 5.82 Å². The van der Waals surface area contributed by atoms with E-state index in [0.717, 1.165) is 65.2 Å². The minimum atomic E-state index is -0.971. The maximum absolute atomic E-state index is 14.5. The summed E-state index contributed by atoms with van der Waals surface area (Å²) < 4.78 is 28.4. The van der Waals surface area contributed by atoms with Crippen LogP contribution in [0.4, 0.5) is 4.39 Å². The lowest BCUT2D eigenvalue weighted by Gasteiger charge is -2.30. The first-order valence-corrected chi connectivity index (χ1v) is 14.4. The molecule has 7 rings (SSSR count). The molecular formula is C31H28ClFN6O4.